The van der Waals surface area contributed by atoms with Gasteiger partial charge in [0.15, 0.2) is 5.82 Å². The Balaban J connectivity index is 1.95. The van der Waals surface area contributed by atoms with Gasteiger partial charge in [-0.25, -0.2) is 0 Å². The molecule has 0 unspecified atom stereocenters. The molecule has 0 spiro atoms. The molecule has 0 atom stereocenters. The number of carbonyl (C=O) groups is 1. The van der Waals surface area contributed by atoms with Crippen molar-refractivity contribution in [3.05, 3.63) is 47.7 Å². The number of nitrogens with two attached hydrogens (primary N) is 1. The lowest BCUT2D eigenvalue weighted by atomic mass is 10.2. The SMILES string of the molecule is CCc1cc(NC(=O)/C=C/c2ccc(N)cc2)n[nH]1. The maximum atomic E-state index is 11.7. The standard InChI is InChI=1S/C14H16N4O/c1-2-12-9-13(18-17-12)16-14(19)8-5-10-3-6-11(15)7-4-10/h3-9H,2,15H2,1H3,(H2,16,17,18,19)/b8-5+. The van der Waals surface area contributed by atoms with Gasteiger partial charge in [-0.2, -0.15) is 5.10 Å². The van der Waals surface area contributed by atoms with Crippen molar-refractivity contribution in [1.82, 2.24) is 10.2 Å². The first-order chi connectivity index (χ1) is 9.17. The topological polar surface area (TPSA) is 83.8 Å². The van der Waals surface area contributed by atoms with Gasteiger partial charge < -0.3 is 11.1 Å². The number of carbonyl (C=O) groups excluding carboxylic acids is 1. The van der Waals surface area contributed by atoms with Gasteiger partial charge in [0.1, 0.15) is 0 Å². The number of rotatable bonds is 4. The Labute approximate surface area is 111 Å². The monoisotopic (exact) mass is 256 g/mol. The quantitative estimate of drug-likeness (QED) is 0.579. The van der Waals surface area contributed by atoms with Crippen molar-refractivity contribution in [1.29, 1.82) is 0 Å². The van der Waals surface area contributed by atoms with E-state index in [2.05, 4.69) is 15.5 Å². The molecule has 1 amide bonds. The van der Waals surface area contributed by atoms with E-state index < -0.39 is 0 Å². The lowest BCUT2D eigenvalue weighted by Crippen LogP contribution is -2.07. The fraction of sp³-hybridized carbons (Fsp3) is 0.143. The molecule has 1 heterocycles. The second-order valence-corrected chi connectivity index (χ2v) is 4.12. The Morgan fingerprint density at radius 2 is 2.16 bits per heavy atom. The van der Waals surface area contributed by atoms with Crippen molar-refractivity contribution in [3.63, 3.8) is 0 Å². The van der Waals surface area contributed by atoms with Crippen molar-refractivity contribution in [3.8, 4) is 0 Å². The van der Waals surface area contributed by atoms with Gasteiger partial charge >= 0.3 is 0 Å². The van der Waals surface area contributed by atoms with Crippen LogP contribution < -0.4 is 11.1 Å². The molecule has 4 N–H and O–H groups in total. The molecule has 98 valence electrons. The summed E-state index contributed by atoms with van der Waals surface area (Å²) < 4.78 is 0. The molecule has 0 saturated heterocycles. The van der Waals surface area contributed by atoms with Gasteiger partial charge in [-0.05, 0) is 30.2 Å². The number of nitrogen functional groups attached to an aromatic ring is 1. The number of hydrogen-bond acceptors (Lipinski definition) is 3. The fourth-order valence-corrected chi connectivity index (χ4v) is 1.55. The number of aromatic amines is 1. The number of H-pyrrole nitrogens is 1. The summed E-state index contributed by atoms with van der Waals surface area (Å²) in [5, 5.41) is 9.51. The lowest BCUT2D eigenvalue weighted by molar-refractivity contribution is -0.111. The van der Waals surface area contributed by atoms with E-state index in [0.717, 1.165) is 17.7 Å². The molecule has 0 radical (unpaired) electrons. The zero-order chi connectivity index (χ0) is 13.7. The number of benzene rings is 1. The van der Waals surface area contributed by atoms with Gasteiger partial charge in [0.2, 0.25) is 5.91 Å². The molecule has 0 aliphatic rings. The minimum Gasteiger partial charge on any atom is -0.399 e. The zero-order valence-corrected chi connectivity index (χ0v) is 10.7. The van der Waals surface area contributed by atoms with Crippen LogP contribution in [0.1, 0.15) is 18.2 Å². The van der Waals surface area contributed by atoms with Crippen LogP contribution >= 0.6 is 0 Å². The minimum absolute atomic E-state index is 0.217. The third-order valence-corrected chi connectivity index (χ3v) is 2.63. The predicted molar refractivity (Wildman–Crippen MR) is 76.5 cm³/mol. The highest BCUT2D eigenvalue weighted by Crippen LogP contribution is 2.08. The van der Waals surface area contributed by atoms with Crippen LogP contribution in [0.3, 0.4) is 0 Å². The van der Waals surface area contributed by atoms with Crippen LogP contribution in [0, 0.1) is 0 Å². The van der Waals surface area contributed by atoms with E-state index in [4.69, 9.17) is 5.73 Å². The summed E-state index contributed by atoms with van der Waals surface area (Å²) in [6, 6.07) is 9.10. The van der Waals surface area contributed by atoms with Crippen molar-refractivity contribution in [2.45, 2.75) is 13.3 Å². The Morgan fingerprint density at radius 3 is 2.79 bits per heavy atom. The summed E-state index contributed by atoms with van der Waals surface area (Å²) in [4.78, 5) is 11.7. The zero-order valence-electron chi connectivity index (χ0n) is 10.7. The van der Waals surface area contributed by atoms with Crippen LogP contribution in [-0.4, -0.2) is 16.1 Å². The lowest BCUT2D eigenvalue weighted by Gasteiger charge is -1.96. The molecule has 1 aromatic heterocycles. The molecule has 1 aromatic carbocycles. The third-order valence-electron chi connectivity index (χ3n) is 2.63. The first-order valence-corrected chi connectivity index (χ1v) is 6.06. The van der Waals surface area contributed by atoms with Crippen LogP contribution in [0.4, 0.5) is 11.5 Å². The van der Waals surface area contributed by atoms with Gasteiger partial charge in [0, 0.05) is 23.5 Å². The number of anilines is 2. The van der Waals surface area contributed by atoms with E-state index in [1.165, 1.54) is 6.08 Å². The largest absolute Gasteiger partial charge is 0.399 e. The molecule has 0 fully saturated rings. The summed E-state index contributed by atoms with van der Waals surface area (Å²) in [7, 11) is 0. The van der Waals surface area contributed by atoms with Crippen molar-refractivity contribution in [2.24, 2.45) is 0 Å². The van der Waals surface area contributed by atoms with E-state index in [1.54, 1.807) is 18.2 Å². The molecule has 2 rings (SSSR count). The molecular weight excluding hydrogens is 240 g/mol. The van der Waals surface area contributed by atoms with Crippen molar-refractivity contribution >= 4 is 23.5 Å². The molecule has 0 aliphatic carbocycles. The Hall–Kier alpha value is -2.56. The molecule has 5 heteroatoms. The Morgan fingerprint density at radius 1 is 1.42 bits per heavy atom. The number of nitrogens with one attached hydrogen (secondary N) is 2. The second-order valence-electron chi connectivity index (χ2n) is 4.12. The summed E-state index contributed by atoms with van der Waals surface area (Å²) in [6.45, 7) is 2.01. The molecular formula is C14H16N4O. The van der Waals surface area contributed by atoms with Crippen LogP contribution in [-0.2, 0) is 11.2 Å². The van der Waals surface area contributed by atoms with Crippen LogP contribution in [0.25, 0.3) is 6.08 Å². The average Bonchev–Trinajstić information content (AvgIpc) is 2.86. The highest BCUT2D eigenvalue weighted by Gasteiger charge is 2.01. The van der Waals surface area contributed by atoms with Crippen LogP contribution in [0.5, 0.6) is 0 Å². The number of aryl methyl sites for hydroxylation is 1. The maximum absolute atomic E-state index is 11.7. The molecule has 19 heavy (non-hydrogen) atoms. The summed E-state index contributed by atoms with van der Waals surface area (Å²) >= 11 is 0. The third kappa shape index (κ3) is 3.70. The van der Waals surface area contributed by atoms with Gasteiger partial charge in [-0.15, -0.1) is 0 Å². The average molecular weight is 256 g/mol. The van der Waals surface area contributed by atoms with E-state index in [-0.39, 0.29) is 5.91 Å². The number of nitrogens with zero attached hydrogens (tertiary/aromatic N) is 1. The molecule has 0 aliphatic heterocycles. The van der Waals surface area contributed by atoms with Gasteiger partial charge in [-0.3, -0.25) is 9.89 Å². The smallest absolute Gasteiger partial charge is 0.249 e. The normalized spacial score (nSPS) is 10.8. The molecule has 0 bridgehead atoms. The number of aromatic nitrogens is 2. The molecule has 5 nitrogen and oxygen atoms in total. The summed E-state index contributed by atoms with van der Waals surface area (Å²) in [5.41, 5.74) is 8.19. The van der Waals surface area contributed by atoms with E-state index in [9.17, 15) is 4.79 Å². The van der Waals surface area contributed by atoms with Crippen LogP contribution in [0.2, 0.25) is 0 Å². The van der Waals surface area contributed by atoms with Crippen LogP contribution in [0.15, 0.2) is 36.4 Å². The number of hydrogen-bond donors (Lipinski definition) is 3. The van der Waals surface area contributed by atoms with Gasteiger partial charge in [0.25, 0.3) is 0 Å². The van der Waals surface area contributed by atoms with E-state index >= 15 is 0 Å². The van der Waals surface area contributed by atoms with Gasteiger partial charge in [-0.1, -0.05) is 19.1 Å². The highest BCUT2D eigenvalue weighted by molar-refractivity contribution is 6.01. The predicted octanol–water partition coefficient (Wildman–Crippen LogP) is 2.21. The fourth-order valence-electron chi connectivity index (χ4n) is 1.55. The highest BCUT2D eigenvalue weighted by atomic mass is 16.1. The van der Waals surface area contributed by atoms with Crippen molar-refractivity contribution in [2.75, 3.05) is 11.1 Å². The first kappa shape index (κ1) is 12.9. The van der Waals surface area contributed by atoms with E-state index in [0.29, 0.717) is 11.5 Å². The van der Waals surface area contributed by atoms with E-state index in [1.807, 2.05) is 25.1 Å². The van der Waals surface area contributed by atoms with Crippen molar-refractivity contribution < 1.29 is 4.79 Å². The molecule has 2 aromatic rings. The number of amides is 1. The Kier molecular flexibility index (Phi) is 3.97. The maximum Gasteiger partial charge on any atom is 0.249 e. The minimum atomic E-state index is -0.217. The summed E-state index contributed by atoms with van der Waals surface area (Å²) in [5.74, 6) is 0.315. The second kappa shape index (κ2) is 5.86. The first-order valence-electron chi connectivity index (χ1n) is 6.06. The van der Waals surface area contributed by atoms with Gasteiger partial charge in [0.05, 0.1) is 0 Å². The Bertz CT molecular complexity index is 584. The molecule has 0 saturated carbocycles. The summed E-state index contributed by atoms with van der Waals surface area (Å²) in [6.07, 6.45) is 4.04.